The van der Waals surface area contributed by atoms with Crippen molar-refractivity contribution in [2.75, 3.05) is 0 Å². The first-order valence-electron chi connectivity index (χ1n) is 4.53. The van der Waals surface area contributed by atoms with E-state index in [0.29, 0.717) is 0 Å². The van der Waals surface area contributed by atoms with E-state index in [1.54, 1.807) is 0 Å². The standard InChI is InChI=1S/C12H12.2FH/c1-2-4-8-12-10-6-5-9-11(12)7-3-1;;/h5-6,9-10H,1-3,7H2;2*1H. The van der Waals surface area contributed by atoms with E-state index in [1.807, 2.05) is 0 Å². The van der Waals surface area contributed by atoms with Gasteiger partial charge in [0.2, 0.25) is 0 Å². The molecule has 0 amide bonds. The molecule has 0 aromatic heterocycles. The second-order valence-electron chi connectivity index (χ2n) is 3.17. The van der Waals surface area contributed by atoms with Crippen LogP contribution < -0.4 is 0 Å². The van der Waals surface area contributed by atoms with Gasteiger partial charge in [-0.05, 0) is 30.9 Å². The fourth-order valence-electron chi connectivity index (χ4n) is 1.55. The molecule has 0 fully saturated rings. The van der Waals surface area contributed by atoms with Crippen LogP contribution in [-0.2, 0) is 6.42 Å². The Morgan fingerprint density at radius 3 is 2.64 bits per heavy atom. The van der Waals surface area contributed by atoms with Crippen molar-refractivity contribution < 1.29 is 9.41 Å². The summed E-state index contributed by atoms with van der Waals surface area (Å²) in [5.74, 6) is 6.41. The van der Waals surface area contributed by atoms with Crippen molar-refractivity contribution in [3.63, 3.8) is 0 Å². The molecule has 0 N–H and O–H groups in total. The van der Waals surface area contributed by atoms with Crippen molar-refractivity contribution in [3.8, 4) is 11.8 Å². The summed E-state index contributed by atoms with van der Waals surface area (Å²) < 4.78 is 0. The van der Waals surface area contributed by atoms with Gasteiger partial charge in [-0.2, -0.15) is 0 Å². The van der Waals surface area contributed by atoms with Gasteiger partial charge in [-0.3, -0.25) is 9.41 Å². The molecule has 0 atom stereocenters. The highest BCUT2D eigenvalue weighted by Gasteiger charge is 2.00. The molecule has 1 aliphatic carbocycles. The fourth-order valence-corrected chi connectivity index (χ4v) is 1.55. The maximum Gasteiger partial charge on any atom is 0.0277 e. The van der Waals surface area contributed by atoms with Gasteiger partial charge < -0.3 is 0 Å². The zero-order chi connectivity index (χ0) is 8.23. The summed E-state index contributed by atoms with van der Waals surface area (Å²) in [4.78, 5) is 0. The molecule has 0 saturated carbocycles. The molecule has 76 valence electrons. The molecule has 1 aromatic carbocycles. The van der Waals surface area contributed by atoms with Gasteiger partial charge >= 0.3 is 0 Å². The van der Waals surface area contributed by atoms with Crippen molar-refractivity contribution >= 4 is 0 Å². The quantitative estimate of drug-likeness (QED) is 0.559. The van der Waals surface area contributed by atoms with E-state index in [1.165, 1.54) is 30.4 Å². The SMILES string of the molecule is C1#Cc2ccccc2CCCC1.F.F. The molecular formula is C12H14F2. The molecule has 0 aliphatic heterocycles. The van der Waals surface area contributed by atoms with E-state index in [2.05, 4.69) is 36.1 Å². The van der Waals surface area contributed by atoms with E-state index in [4.69, 9.17) is 0 Å². The topological polar surface area (TPSA) is 0 Å². The first kappa shape index (κ1) is 12.6. The largest absolute Gasteiger partial charge is 0.269 e. The molecule has 0 unspecified atom stereocenters. The summed E-state index contributed by atoms with van der Waals surface area (Å²) >= 11 is 0. The molecule has 14 heavy (non-hydrogen) atoms. The Morgan fingerprint density at radius 1 is 1.00 bits per heavy atom. The summed E-state index contributed by atoms with van der Waals surface area (Å²) in [6.45, 7) is 0. The van der Waals surface area contributed by atoms with Crippen LogP contribution in [0.15, 0.2) is 24.3 Å². The van der Waals surface area contributed by atoms with Crippen molar-refractivity contribution in [3.05, 3.63) is 35.4 Å². The average molecular weight is 196 g/mol. The number of hydrogen-bond donors (Lipinski definition) is 0. The minimum absolute atomic E-state index is 0. The number of benzene rings is 1. The molecule has 0 spiro atoms. The number of aryl methyl sites for hydroxylation is 1. The number of fused-ring (bicyclic) bond motifs is 1. The summed E-state index contributed by atoms with van der Waals surface area (Å²) in [6.07, 6.45) is 4.80. The van der Waals surface area contributed by atoms with Crippen LogP contribution in [0.3, 0.4) is 0 Å². The third-order valence-electron chi connectivity index (χ3n) is 2.24. The Kier molecular flexibility index (Phi) is 5.55. The maximum atomic E-state index is 3.22. The summed E-state index contributed by atoms with van der Waals surface area (Å²) in [5, 5.41) is 0. The second kappa shape index (κ2) is 6.15. The second-order valence-corrected chi connectivity index (χ2v) is 3.17. The summed E-state index contributed by atoms with van der Waals surface area (Å²) in [5.41, 5.74) is 2.65. The summed E-state index contributed by atoms with van der Waals surface area (Å²) in [6, 6.07) is 8.47. The molecule has 0 bridgehead atoms. The van der Waals surface area contributed by atoms with Crippen molar-refractivity contribution in [2.24, 2.45) is 0 Å². The lowest BCUT2D eigenvalue weighted by Crippen LogP contribution is -1.92. The van der Waals surface area contributed by atoms with Gasteiger partial charge in [0.15, 0.2) is 0 Å². The molecule has 0 saturated heterocycles. The third kappa shape index (κ3) is 2.85. The molecule has 2 rings (SSSR count). The molecule has 0 radical (unpaired) electrons. The van der Waals surface area contributed by atoms with Gasteiger partial charge in [-0.15, -0.1) is 0 Å². The lowest BCUT2D eigenvalue weighted by Gasteiger charge is -2.05. The van der Waals surface area contributed by atoms with Gasteiger partial charge in [0, 0.05) is 12.0 Å². The highest BCUT2D eigenvalue weighted by molar-refractivity contribution is 5.41. The Balaban J connectivity index is 0.000000845. The predicted octanol–water partition coefficient (Wildman–Crippen LogP) is 3.07. The van der Waals surface area contributed by atoms with Crippen LogP contribution in [0.5, 0.6) is 0 Å². The van der Waals surface area contributed by atoms with Gasteiger partial charge in [0.05, 0.1) is 0 Å². The lowest BCUT2D eigenvalue weighted by molar-refractivity contribution is 0.752. The van der Waals surface area contributed by atoms with E-state index in [-0.39, 0.29) is 9.41 Å². The Hall–Kier alpha value is -1.36. The highest BCUT2D eigenvalue weighted by atomic mass is 19.0. The first-order chi connectivity index (χ1) is 5.97. The zero-order valence-corrected chi connectivity index (χ0v) is 7.95. The van der Waals surface area contributed by atoms with E-state index in [0.717, 1.165) is 6.42 Å². The number of hydrogen-bond acceptors (Lipinski definition) is 0. The van der Waals surface area contributed by atoms with Crippen LogP contribution in [0.1, 0.15) is 30.4 Å². The van der Waals surface area contributed by atoms with E-state index in [9.17, 15) is 0 Å². The zero-order valence-electron chi connectivity index (χ0n) is 7.95. The van der Waals surface area contributed by atoms with Gasteiger partial charge in [0.25, 0.3) is 0 Å². The minimum atomic E-state index is 0. The van der Waals surface area contributed by atoms with Crippen LogP contribution in [0.4, 0.5) is 9.41 Å². The van der Waals surface area contributed by atoms with Crippen LogP contribution in [0.25, 0.3) is 0 Å². The molecule has 0 heterocycles. The van der Waals surface area contributed by atoms with E-state index < -0.39 is 0 Å². The Morgan fingerprint density at radius 2 is 1.79 bits per heavy atom. The van der Waals surface area contributed by atoms with E-state index >= 15 is 0 Å². The number of halogens is 2. The fraction of sp³-hybridized carbons (Fsp3) is 0.333. The minimum Gasteiger partial charge on any atom is -0.269 e. The van der Waals surface area contributed by atoms with Gasteiger partial charge in [-0.1, -0.05) is 30.0 Å². The number of rotatable bonds is 0. The van der Waals surface area contributed by atoms with Crippen LogP contribution in [0.2, 0.25) is 0 Å². The Labute approximate surface area is 83.1 Å². The molecule has 2 heteroatoms. The van der Waals surface area contributed by atoms with Crippen molar-refractivity contribution in [2.45, 2.75) is 25.7 Å². The third-order valence-corrected chi connectivity index (χ3v) is 2.24. The summed E-state index contributed by atoms with van der Waals surface area (Å²) in [7, 11) is 0. The highest BCUT2D eigenvalue weighted by Crippen LogP contribution is 2.13. The van der Waals surface area contributed by atoms with Crippen LogP contribution in [0, 0.1) is 11.8 Å². The lowest BCUT2D eigenvalue weighted by atomic mass is 9.99. The van der Waals surface area contributed by atoms with Crippen LogP contribution >= 0.6 is 0 Å². The maximum absolute atomic E-state index is 3.22. The monoisotopic (exact) mass is 196 g/mol. The average Bonchev–Trinajstić information content (AvgIpc) is 2.06. The van der Waals surface area contributed by atoms with Crippen molar-refractivity contribution in [1.29, 1.82) is 0 Å². The van der Waals surface area contributed by atoms with Gasteiger partial charge in [0.1, 0.15) is 0 Å². The first-order valence-corrected chi connectivity index (χ1v) is 4.53. The smallest absolute Gasteiger partial charge is 0.0277 e. The Bertz CT molecular complexity index is 334. The normalized spacial score (nSPS) is 12.9. The van der Waals surface area contributed by atoms with Crippen LogP contribution in [-0.4, -0.2) is 0 Å². The molecule has 1 aliphatic rings. The van der Waals surface area contributed by atoms with Crippen molar-refractivity contribution in [1.82, 2.24) is 0 Å². The molecular weight excluding hydrogens is 182 g/mol. The van der Waals surface area contributed by atoms with Gasteiger partial charge in [-0.25, -0.2) is 0 Å². The molecule has 1 aromatic rings. The molecule has 0 nitrogen and oxygen atoms in total. The predicted molar refractivity (Wildman–Crippen MR) is 55.9 cm³/mol.